The highest BCUT2D eigenvalue weighted by atomic mass is 35.5. The summed E-state index contributed by atoms with van der Waals surface area (Å²) < 4.78 is 0. The van der Waals surface area contributed by atoms with Gasteiger partial charge in [-0.05, 0) is 42.5 Å². The van der Waals surface area contributed by atoms with E-state index in [0.29, 0.717) is 12.3 Å². The van der Waals surface area contributed by atoms with Crippen LogP contribution in [-0.2, 0) is 11.0 Å². The molecule has 0 aliphatic heterocycles. The zero-order valence-electron chi connectivity index (χ0n) is 17.8. The number of rotatable bonds is 8. The Morgan fingerprint density at radius 1 is 0.656 bits per heavy atom. The number of carbonyl (C=O) groups excluding carboxylic acids is 1. The molecule has 160 valence electrons. The highest BCUT2D eigenvalue weighted by Crippen LogP contribution is 2.58. The van der Waals surface area contributed by atoms with E-state index in [1.807, 2.05) is 18.2 Å². The van der Waals surface area contributed by atoms with Crippen LogP contribution in [0.15, 0.2) is 115 Å². The quantitative estimate of drug-likeness (QED) is 0.264. The first-order valence-electron chi connectivity index (χ1n) is 10.7. The van der Waals surface area contributed by atoms with Gasteiger partial charge in [-0.3, -0.25) is 4.79 Å². The number of carbonyl (C=O) groups is 1. The zero-order chi connectivity index (χ0) is 22.2. The molecule has 0 saturated carbocycles. The zero-order valence-corrected chi connectivity index (χ0v) is 19.5. The van der Waals surface area contributed by atoms with Crippen LogP contribution in [0.1, 0.15) is 12.0 Å². The minimum absolute atomic E-state index is 0.0597. The second-order valence-electron chi connectivity index (χ2n) is 7.62. The summed E-state index contributed by atoms with van der Waals surface area (Å²) in [4.78, 5) is 12.4. The SMILES string of the molecule is O=C(CCCl)Nc1ccccc1C[P+](c1ccccc1)(c1ccccc1)c1ccccc1. The molecule has 0 radical (unpaired) electrons. The van der Waals surface area contributed by atoms with Crippen LogP contribution in [0, 0.1) is 0 Å². The number of benzene rings is 4. The van der Waals surface area contributed by atoms with Gasteiger partial charge in [0, 0.05) is 23.6 Å². The van der Waals surface area contributed by atoms with Gasteiger partial charge in [0.15, 0.2) is 0 Å². The van der Waals surface area contributed by atoms with E-state index in [-0.39, 0.29) is 5.91 Å². The molecule has 0 heterocycles. The Labute approximate surface area is 195 Å². The Morgan fingerprint density at radius 2 is 1.09 bits per heavy atom. The molecule has 0 aliphatic carbocycles. The summed E-state index contributed by atoms with van der Waals surface area (Å²) >= 11 is 5.79. The molecule has 1 N–H and O–H groups in total. The standard InChI is InChI=1S/C28H25ClNOP/c29-21-20-28(31)30-27-19-11-10-12-23(27)22-32(24-13-4-1-5-14-24,25-15-6-2-7-16-25)26-17-8-3-9-18-26/h1-19H,20-22H2/p+1. The fraction of sp³-hybridized carbons (Fsp3) is 0.107. The average molecular weight is 459 g/mol. The molecule has 2 nitrogen and oxygen atoms in total. The van der Waals surface area contributed by atoms with Crippen molar-refractivity contribution in [2.24, 2.45) is 0 Å². The largest absolute Gasteiger partial charge is 0.326 e. The number of halogens is 1. The highest BCUT2D eigenvalue weighted by molar-refractivity contribution is 7.95. The van der Waals surface area contributed by atoms with Crippen molar-refractivity contribution in [2.45, 2.75) is 12.6 Å². The third kappa shape index (κ3) is 4.78. The van der Waals surface area contributed by atoms with Crippen LogP contribution in [0.4, 0.5) is 5.69 Å². The number of amides is 1. The Kier molecular flexibility index (Phi) is 7.37. The van der Waals surface area contributed by atoms with E-state index in [2.05, 4.69) is 102 Å². The summed E-state index contributed by atoms with van der Waals surface area (Å²) in [6.45, 7) is 0. The van der Waals surface area contributed by atoms with E-state index < -0.39 is 7.26 Å². The fourth-order valence-corrected chi connectivity index (χ4v) is 8.55. The van der Waals surface area contributed by atoms with Gasteiger partial charge in [-0.1, -0.05) is 72.8 Å². The topological polar surface area (TPSA) is 29.1 Å². The molecule has 0 saturated heterocycles. The van der Waals surface area contributed by atoms with Crippen LogP contribution in [0.3, 0.4) is 0 Å². The molecule has 4 aromatic carbocycles. The first-order valence-corrected chi connectivity index (χ1v) is 13.2. The van der Waals surface area contributed by atoms with E-state index >= 15 is 0 Å². The predicted molar refractivity (Wildman–Crippen MR) is 139 cm³/mol. The third-order valence-electron chi connectivity index (χ3n) is 5.61. The van der Waals surface area contributed by atoms with Crippen molar-refractivity contribution in [3.8, 4) is 0 Å². The lowest BCUT2D eigenvalue weighted by molar-refractivity contribution is -0.115. The summed E-state index contributed by atoms with van der Waals surface area (Å²) in [5.74, 6) is 0.249. The maximum Gasteiger partial charge on any atom is 0.225 e. The number of alkyl halides is 1. The summed E-state index contributed by atoms with van der Waals surface area (Å²) in [5, 5.41) is 7.04. The minimum Gasteiger partial charge on any atom is -0.326 e. The normalized spacial score (nSPS) is 11.2. The molecule has 4 rings (SSSR count). The van der Waals surface area contributed by atoms with Gasteiger partial charge >= 0.3 is 0 Å². The molecular formula is C28H26ClNOP+. The van der Waals surface area contributed by atoms with Crippen LogP contribution in [0.5, 0.6) is 0 Å². The maximum atomic E-state index is 12.4. The van der Waals surface area contributed by atoms with Crippen molar-refractivity contribution < 1.29 is 4.79 Å². The number of anilines is 1. The van der Waals surface area contributed by atoms with E-state index in [4.69, 9.17) is 11.6 Å². The van der Waals surface area contributed by atoms with Crippen molar-refractivity contribution in [3.05, 3.63) is 121 Å². The molecular weight excluding hydrogens is 433 g/mol. The summed E-state index contributed by atoms with van der Waals surface area (Å²) in [7, 11) is -2.04. The molecule has 4 heteroatoms. The monoisotopic (exact) mass is 458 g/mol. The second kappa shape index (κ2) is 10.6. The number of para-hydroxylation sites is 1. The Hall–Kier alpha value is -2.93. The Morgan fingerprint density at radius 3 is 1.56 bits per heavy atom. The molecule has 0 fully saturated rings. The summed E-state index contributed by atoms with van der Waals surface area (Å²) in [6, 6.07) is 40.4. The van der Waals surface area contributed by atoms with E-state index in [1.165, 1.54) is 15.9 Å². The minimum atomic E-state index is -2.04. The van der Waals surface area contributed by atoms with Crippen LogP contribution in [-0.4, -0.2) is 11.8 Å². The van der Waals surface area contributed by atoms with Gasteiger partial charge in [-0.2, -0.15) is 0 Å². The van der Waals surface area contributed by atoms with Crippen LogP contribution in [0.2, 0.25) is 0 Å². The van der Waals surface area contributed by atoms with Crippen molar-refractivity contribution in [1.29, 1.82) is 0 Å². The first kappa shape index (κ1) is 22.3. The van der Waals surface area contributed by atoms with E-state index in [0.717, 1.165) is 17.4 Å². The lowest BCUT2D eigenvalue weighted by atomic mass is 10.2. The molecule has 0 unspecified atom stereocenters. The molecule has 0 atom stereocenters. The fourth-order valence-electron chi connectivity index (χ4n) is 4.10. The first-order chi connectivity index (χ1) is 15.7. The van der Waals surface area contributed by atoms with Crippen molar-refractivity contribution in [3.63, 3.8) is 0 Å². The molecule has 0 aliphatic rings. The smallest absolute Gasteiger partial charge is 0.225 e. The number of nitrogens with one attached hydrogen (secondary N) is 1. The van der Waals surface area contributed by atoms with Crippen LogP contribution < -0.4 is 21.2 Å². The van der Waals surface area contributed by atoms with Crippen molar-refractivity contribution >= 4 is 46.4 Å². The van der Waals surface area contributed by atoms with Gasteiger partial charge in [0.1, 0.15) is 29.3 Å². The van der Waals surface area contributed by atoms with E-state index in [9.17, 15) is 4.79 Å². The summed E-state index contributed by atoms with van der Waals surface area (Å²) in [5.41, 5.74) is 1.98. The lowest BCUT2D eigenvalue weighted by Gasteiger charge is -2.28. The van der Waals surface area contributed by atoms with Gasteiger partial charge in [0.2, 0.25) is 5.91 Å². The van der Waals surface area contributed by atoms with Gasteiger partial charge in [0.25, 0.3) is 0 Å². The molecule has 1 amide bonds. The Bertz CT molecular complexity index is 1050. The van der Waals surface area contributed by atoms with Crippen molar-refractivity contribution in [2.75, 3.05) is 11.2 Å². The van der Waals surface area contributed by atoms with E-state index in [1.54, 1.807) is 0 Å². The average Bonchev–Trinajstić information content (AvgIpc) is 2.85. The maximum absolute atomic E-state index is 12.4. The second-order valence-corrected chi connectivity index (χ2v) is 11.5. The molecule has 32 heavy (non-hydrogen) atoms. The van der Waals surface area contributed by atoms with Crippen molar-refractivity contribution in [1.82, 2.24) is 0 Å². The van der Waals surface area contributed by atoms with Crippen LogP contribution in [0.25, 0.3) is 0 Å². The van der Waals surface area contributed by atoms with Gasteiger partial charge in [0.05, 0.1) is 0 Å². The molecule has 0 spiro atoms. The highest BCUT2D eigenvalue weighted by Gasteiger charge is 2.45. The van der Waals surface area contributed by atoms with Crippen LogP contribution >= 0.6 is 18.9 Å². The molecule has 0 aromatic heterocycles. The van der Waals surface area contributed by atoms with Gasteiger partial charge < -0.3 is 5.32 Å². The lowest BCUT2D eigenvalue weighted by Crippen LogP contribution is -2.32. The Balaban J connectivity index is 1.91. The molecule has 4 aromatic rings. The summed E-state index contributed by atoms with van der Waals surface area (Å²) in [6.07, 6.45) is 1.11. The predicted octanol–water partition coefficient (Wildman–Crippen LogP) is 5.75. The van der Waals surface area contributed by atoms with Gasteiger partial charge in [-0.25, -0.2) is 0 Å². The van der Waals surface area contributed by atoms with Gasteiger partial charge in [-0.15, -0.1) is 11.6 Å². The third-order valence-corrected chi connectivity index (χ3v) is 10.2. The molecule has 0 bridgehead atoms. The number of hydrogen-bond donors (Lipinski definition) is 1. The number of hydrogen-bond acceptors (Lipinski definition) is 1.